The standard InChI is InChI=1S/C14H23N3O3S2/c1-14(2,3)20-13(18)17-6-5-10(7-17)8-22-12-16-15-11(19-12)9-21-4/h10H,5-9H2,1-4H3/t10-/m1/s1. The van der Waals surface area contributed by atoms with Crippen LogP contribution in [0.2, 0.25) is 0 Å². The lowest BCUT2D eigenvalue weighted by Crippen LogP contribution is -2.35. The summed E-state index contributed by atoms with van der Waals surface area (Å²) in [4.78, 5) is 13.8. The van der Waals surface area contributed by atoms with Crippen LogP contribution in [0.3, 0.4) is 0 Å². The first-order chi connectivity index (χ1) is 10.4. The van der Waals surface area contributed by atoms with Crippen LogP contribution in [0.1, 0.15) is 33.1 Å². The summed E-state index contributed by atoms with van der Waals surface area (Å²) in [5, 5.41) is 8.63. The minimum atomic E-state index is -0.443. The van der Waals surface area contributed by atoms with Gasteiger partial charge in [0, 0.05) is 18.8 Å². The number of nitrogens with zero attached hydrogens (tertiary/aromatic N) is 3. The zero-order valence-electron chi connectivity index (χ0n) is 13.5. The lowest BCUT2D eigenvalue weighted by atomic mass is 10.2. The Morgan fingerprint density at radius 3 is 2.91 bits per heavy atom. The van der Waals surface area contributed by atoms with Gasteiger partial charge in [-0.15, -0.1) is 10.2 Å². The number of carbonyl (C=O) groups is 1. The number of ether oxygens (including phenoxy) is 1. The maximum atomic E-state index is 12.0. The van der Waals surface area contributed by atoms with Crippen molar-refractivity contribution in [3.05, 3.63) is 5.89 Å². The maximum absolute atomic E-state index is 12.0. The Morgan fingerprint density at radius 1 is 1.45 bits per heavy atom. The van der Waals surface area contributed by atoms with Crippen LogP contribution in [0.5, 0.6) is 0 Å². The zero-order valence-corrected chi connectivity index (χ0v) is 15.1. The van der Waals surface area contributed by atoms with Crippen molar-refractivity contribution >= 4 is 29.6 Å². The molecule has 1 amide bonds. The summed E-state index contributed by atoms with van der Waals surface area (Å²) >= 11 is 3.22. The van der Waals surface area contributed by atoms with E-state index < -0.39 is 5.60 Å². The van der Waals surface area contributed by atoms with Crippen molar-refractivity contribution in [3.63, 3.8) is 0 Å². The Balaban J connectivity index is 1.75. The van der Waals surface area contributed by atoms with Crippen LogP contribution >= 0.6 is 23.5 Å². The normalized spacial score (nSPS) is 18.7. The van der Waals surface area contributed by atoms with Crippen molar-refractivity contribution in [2.24, 2.45) is 5.92 Å². The van der Waals surface area contributed by atoms with Crippen LogP contribution in [0.25, 0.3) is 0 Å². The van der Waals surface area contributed by atoms with Crippen LogP contribution < -0.4 is 0 Å². The largest absolute Gasteiger partial charge is 0.444 e. The van der Waals surface area contributed by atoms with Gasteiger partial charge in [-0.1, -0.05) is 11.8 Å². The molecule has 0 spiro atoms. The van der Waals surface area contributed by atoms with E-state index in [9.17, 15) is 4.79 Å². The van der Waals surface area contributed by atoms with E-state index >= 15 is 0 Å². The lowest BCUT2D eigenvalue weighted by Gasteiger charge is -2.24. The Hall–Kier alpha value is -0.890. The van der Waals surface area contributed by atoms with Crippen molar-refractivity contribution in [2.45, 2.75) is 43.8 Å². The van der Waals surface area contributed by atoms with Gasteiger partial charge in [0.05, 0.1) is 5.75 Å². The van der Waals surface area contributed by atoms with Crippen LogP contribution in [0.4, 0.5) is 4.79 Å². The molecule has 1 atom stereocenters. The fourth-order valence-electron chi connectivity index (χ4n) is 2.13. The van der Waals surface area contributed by atoms with Crippen LogP contribution in [0.15, 0.2) is 9.64 Å². The number of amides is 1. The van der Waals surface area contributed by atoms with Gasteiger partial charge in [-0.05, 0) is 39.4 Å². The smallest absolute Gasteiger partial charge is 0.410 e. The molecular weight excluding hydrogens is 322 g/mol. The fourth-order valence-corrected chi connectivity index (χ4v) is 3.40. The van der Waals surface area contributed by atoms with E-state index in [1.54, 1.807) is 28.4 Å². The minimum Gasteiger partial charge on any atom is -0.444 e. The van der Waals surface area contributed by atoms with Crippen molar-refractivity contribution in [3.8, 4) is 0 Å². The third-order valence-electron chi connectivity index (χ3n) is 3.10. The monoisotopic (exact) mass is 345 g/mol. The van der Waals surface area contributed by atoms with E-state index in [1.807, 2.05) is 27.0 Å². The molecule has 1 fully saturated rings. The molecule has 0 aromatic carbocycles. The van der Waals surface area contributed by atoms with Crippen molar-refractivity contribution in [2.75, 3.05) is 25.1 Å². The van der Waals surface area contributed by atoms with Crippen LogP contribution in [-0.2, 0) is 10.5 Å². The van der Waals surface area contributed by atoms with E-state index in [-0.39, 0.29) is 6.09 Å². The molecule has 124 valence electrons. The van der Waals surface area contributed by atoms with Gasteiger partial charge in [0.25, 0.3) is 5.22 Å². The maximum Gasteiger partial charge on any atom is 0.410 e. The molecule has 6 nitrogen and oxygen atoms in total. The van der Waals surface area contributed by atoms with Gasteiger partial charge in [0.2, 0.25) is 5.89 Å². The molecule has 1 aromatic heterocycles. The van der Waals surface area contributed by atoms with Gasteiger partial charge in [-0.3, -0.25) is 0 Å². The summed E-state index contributed by atoms with van der Waals surface area (Å²) in [6.07, 6.45) is 2.76. The van der Waals surface area contributed by atoms with E-state index in [0.29, 0.717) is 17.0 Å². The molecule has 22 heavy (non-hydrogen) atoms. The predicted octanol–water partition coefficient (Wildman–Crippen LogP) is 3.28. The molecule has 1 aliphatic heterocycles. The minimum absolute atomic E-state index is 0.222. The first-order valence-electron chi connectivity index (χ1n) is 7.29. The van der Waals surface area contributed by atoms with Crippen molar-refractivity contribution < 1.29 is 13.9 Å². The third-order valence-corrected chi connectivity index (χ3v) is 4.68. The molecule has 8 heteroatoms. The van der Waals surface area contributed by atoms with Gasteiger partial charge in [-0.2, -0.15) is 11.8 Å². The van der Waals surface area contributed by atoms with E-state index in [1.165, 1.54) is 0 Å². The van der Waals surface area contributed by atoms with Gasteiger partial charge in [0.15, 0.2) is 0 Å². The Bertz CT molecular complexity index is 502. The number of hydrogen-bond acceptors (Lipinski definition) is 7. The number of rotatable bonds is 5. The Morgan fingerprint density at radius 2 is 2.23 bits per heavy atom. The summed E-state index contributed by atoms with van der Waals surface area (Å²) in [5.41, 5.74) is -0.443. The average molecular weight is 345 g/mol. The topological polar surface area (TPSA) is 68.5 Å². The molecule has 0 N–H and O–H groups in total. The first-order valence-corrected chi connectivity index (χ1v) is 9.67. The second kappa shape index (κ2) is 7.59. The molecule has 2 rings (SSSR count). The number of likely N-dealkylation sites (tertiary alicyclic amines) is 1. The SMILES string of the molecule is CSCc1nnc(SC[C@@H]2CCN(C(=O)OC(C)(C)C)C2)o1. The molecular formula is C14H23N3O3S2. The summed E-state index contributed by atoms with van der Waals surface area (Å²) in [5.74, 6) is 2.72. The van der Waals surface area contributed by atoms with Crippen molar-refractivity contribution in [1.82, 2.24) is 15.1 Å². The summed E-state index contributed by atoms with van der Waals surface area (Å²) in [6.45, 7) is 7.14. The predicted molar refractivity (Wildman–Crippen MR) is 88.2 cm³/mol. The zero-order chi connectivity index (χ0) is 16.2. The van der Waals surface area contributed by atoms with Gasteiger partial charge in [-0.25, -0.2) is 4.79 Å². The summed E-state index contributed by atoms with van der Waals surface area (Å²) in [7, 11) is 0. The average Bonchev–Trinajstić information content (AvgIpc) is 3.03. The van der Waals surface area contributed by atoms with Gasteiger partial charge in [0.1, 0.15) is 5.60 Å². The highest BCUT2D eigenvalue weighted by atomic mass is 32.2. The Labute approximate surface area is 139 Å². The molecule has 2 heterocycles. The molecule has 1 aromatic rings. The number of carbonyl (C=O) groups excluding carboxylic acids is 1. The highest BCUT2D eigenvalue weighted by molar-refractivity contribution is 7.99. The molecule has 0 radical (unpaired) electrons. The second-order valence-corrected chi connectivity index (χ2v) is 8.12. The fraction of sp³-hybridized carbons (Fsp3) is 0.786. The third kappa shape index (κ3) is 5.39. The molecule has 0 aliphatic carbocycles. The summed E-state index contributed by atoms with van der Waals surface area (Å²) in [6, 6.07) is 0. The summed E-state index contributed by atoms with van der Waals surface area (Å²) < 4.78 is 10.9. The number of aromatic nitrogens is 2. The molecule has 0 bridgehead atoms. The lowest BCUT2D eigenvalue weighted by molar-refractivity contribution is 0.0289. The molecule has 1 saturated heterocycles. The van der Waals surface area contributed by atoms with Crippen LogP contribution in [-0.4, -0.2) is 51.9 Å². The quantitative estimate of drug-likeness (QED) is 0.759. The number of hydrogen-bond donors (Lipinski definition) is 0. The first kappa shape index (κ1) is 17.5. The highest BCUT2D eigenvalue weighted by Gasteiger charge is 2.30. The van der Waals surface area contributed by atoms with E-state index in [2.05, 4.69) is 10.2 Å². The second-order valence-electron chi connectivity index (χ2n) is 6.29. The Kier molecular flexibility index (Phi) is 6.02. The molecule has 0 saturated carbocycles. The van der Waals surface area contributed by atoms with Gasteiger partial charge < -0.3 is 14.1 Å². The van der Waals surface area contributed by atoms with E-state index in [4.69, 9.17) is 9.15 Å². The molecule has 0 unspecified atom stereocenters. The van der Waals surface area contributed by atoms with E-state index in [0.717, 1.165) is 31.0 Å². The molecule has 1 aliphatic rings. The number of thioether (sulfide) groups is 2. The van der Waals surface area contributed by atoms with Gasteiger partial charge >= 0.3 is 6.09 Å². The van der Waals surface area contributed by atoms with Crippen molar-refractivity contribution in [1.29, 1.82) is 0 Å². The highest BCUT2D eigenvalue weighted by Crippen LogP contribution is 2.26. The van der Waals surface area contributed by atoms with Crippen LogP contribution in [0, 0.1) is 5.92 Å².